The van der Waals surface area contributed by atoms with Gasteiger partial charge in [-0.15, -0.1) is 0 Å². The van der Waals surface area contributed by atoms with Gasteiger partial charge < -0.3 is 0 Å². The van der Waals surface area contributed by atoms with Gasteiger partial charge in [0, 0.05) is 0 Å². The fraction of sp³-hybridized carbons (Fsp3) is 1.00. The molecule has 0 amide bonds. The monoisotopic (exact) mass is 418 g/mol. The van der Waals surface area contributed by atoms with Crippen molar-refractivity contribution in [2.75, 3.05) is 12.4 Å². The smallest absolute Gasteiger partial charge is 0.267 e. The highest BCUT2D eigenvalue weighted by Gasteiger charge is 2.10. The second kappa shape index (κ2) is 21.6. The van der Waals surface area contributed by atoms with Gasteiger partial charge in [0.2, 0.25) is 0 Å². The summed E-state index contributed by atoms with van der Waals surface area (Å²) in [7, 11) is -3.30. The molecule has 0 aliphatic carbocycles. The Morgan fingerprint density at radius 2 is 0.786 bits per heavy atom. The average Bonchev–Trinajstić information content (AvgIpc) is 2.67. The van der Waals surface area contributed by atoms with E-state index in [2.05, 4.69) is 13.8 Å². The van der Waals surface area contributed by atoms with E-state index in [4.69, 9.17) is 4.18 Å². The van der Waals surface area contributed by atoms with Gasteiger partial charge in [-0.3, -0.25) is 4.18 Å². The maximum absolute atomic E-state index is 11.9. The molecule has 3 nitrogen and oxygen atoms in total. The molecule has 0 aliphatic rings. The molecule has 0 rings (SSSR count). The molecule has 0 spiro atoms. The average molecular weight is 419 g/mol. The first-order chi connectivity index (χ1) is 13.6. The second-order valence-electron chi connectivity index (χ2n) is 8.45. The normalized spacial score (nSPS) is 11.9. The van der Waals surface area contributed by atoms with Crippen molar-refractivity contribution in [1.29, 1.82) is 0 Å². The Bertz CT molecular complexity index is 393. The molecule has 4 heteroatoms. The van der Waals surface area contributed by atoms with Gasteiger partial charge >= 0.3 is 0 Å². The molecule has 0 aromatic rings. The van der Waals surface area contributed by atoms with Crippen molar-refractivity contribution in [2.45, 2.75) is 142 Å². The highest BCUT2D eigenvalue weighted by atomic mass is 32.2. The van der Waals surface area contributed by atoms with Gasteiger partial charge in [-0.05, 0) is 12.8 Å². The van der Waals surface area contributed by atoms with Crippen LogP contribution in [-0.2, 0) is 14.3 Å². The van der Waals surface area contributed by atoms with E-state index in [-0.39, 0.29) is 5.75 Å². The maximum atomic E-state index is 11.9. The van der Waals surface area contributed by atoms with Crippen LogP contribution in [0.15, 0.2) is 0 Å². The first-order valence-electron chi connectivity index (χ1n) is 12.5. The Labute approximate surface area is 177 Å². The Kier molecular flexibility index (Phi) is 21.5. The molecule has 0 saturated carbocycles. The fourth-order valence-electron chi connectivity index (χ4n) is 3.60. The third-order valence-corrected chi connectivity index (χ3v) is 6.82. The van der Waals surface area contributed by atoms with Gasteiger partial charge in [-0.2, -0.15) is 8.42 Å². The van der Waals surface area contributed by atoms with E-state index in [1.165, 1.54) is 96.3 Å². The first-order valence-corrected chi connectivity index (χ1v) is 14.1. The lowest BCUT2D eigenvalue weighted by molar-refractivity contribution is 0.305. The molecule has 0 atom stereocenters. The zero-order chi connectivity index (χ0) is 20.8. The molecule has 0 heterocycles. The van der Waals surface area contributed by atoms with Crippen molar-refractivity contribution in [3.63, 3.8) is 0 Å². The second-order valence-corrected chi connectivity index (χ2v) is 10.2. The molecule has 0 saturated heterocycles. The topological polar surface area (TPSA) is 43.4 Å². The SMILES string of the molecule is CCCCCCCCCCCCCCCOS(=O)(=O)CCCCCCCCC. The molecule has 28 heavy (non-hydrogen) atoms. The highest BCUT2D eigenvalue weighted by Crippen LogP contribution is 2.13. The van der Waals surface area contributed by atoms with Crippen molar-refractivity contribution in [3.8, 4) is 0 Å². The van der Waals surface area contributed by atoms with Gasteiger partial charge in [0.25, 0.3) is 10.1 Å². The molecule has 170 valence electrons. The Morgan fingerprint density at radius 1 is 0.464 bits per heavy atom. The van der Waals surface area contributed by atoms with Crippen LogP contribution in [0.3, 0.4) is 0 Å². The first kappa shape index (κ1) is 27.9. The maximum Gasteiger partial charge on any atom is 0.267 e. The van der Waals surface area contributed by atoms with Crippen LogP contribution in [0.5, 0.6) is 0 Å². The summed E-state index contributed by atoms with van der Waals surface area (Å²) in [6.07, 6.45) is 24.8. The number of hydrogen-bond acceptors (Lipinski definition) is 3. The van der Waals surface area contributed by atoms with E-state index >= 15 is 0 Å². The highest BCUT2D eigenvalue weighted by molar-refractivity contribution is 7.86. The summed E-state index contributed by atoms with van der Waals surface area (Å²) in [5.41, 5.74) is 0. The Balaban J connectivity index is 3.29. The van der Waals surface area contributed by atoms with Crippen LogP contribution in [0.2, 0.25) is 0 Å². The summed E-state index contributed by atoms with van der Waals surface area (Å²) in [5.74, 6) is 0.194. The van der Waals surface area contributed by atoms with E-state index in [1.54, 1.807) is 0 Å². The summed E-state index contributed by atoms with van der Waals surface area (Å²) in [6.45, 7) is 4.85. The van der Waals surface area contributed by atoms with Crippen LogP contribution < -0.4 is 0 Å². The van der Waals surface area contributed by atoms with Gasteiger partial charge in [0.15, 0.2) is 0 Å². The van der Waals surface area contributed by atoms with Crippen LogP contribution in [-0.4, -0.2) is 20.8 Å². The largest absolute Gasteiger partial charge is 0.270 e. The van der Waals surface area contributed by atoms with Crippen LogP contribution in [0.4, 0.5) is 0 Å². The minimum absolute atomic E-state index is 0.194. The van der Waals surface area contributed by atoms with Gasteiger partial charge in [-0.25, -0.2) is 0 Å². The van der Waals surface area contributed by atoms with E-state index in [1.807, 2.05) is 0 Å². The third-order valence-electron chi connectivity index (χ3n) is 5.51. The summed E-state index contributed by atoms with van der Waals surface area (Å²) >= 11 is 0. The van der Waals surface area contributed by atoms with Crippen LogP contribution in [0, 0.1) is 0 Å². The molecule has 0 aromatic heterocycles. The molecule has 0 aliphatic heterocycles. The van der Waals surface area contributed by atoms with Gasteiger partial charge in [0.1, 0.15) is 0 Å². The molecule has 0 N–H and O–H groups in total. The third kappa shape index (κ3) is 22.2. The summed E-state index contributed by atoms with van der Waals surface area (Å²) in [5, 5.41) is 0. The lowest BCUT2D eigenvalue weighted by Gasteiger charge is -2.06. The van der Waals surface area contributed by atoms with Crippen molar-refractivity contribution >= 4 is 10.1 Å². The summed E-state index contributed by atoms with van der Waals surface area (Å²) in [4.78, 5) is 0. The van der Waals surface area contributed by atoms with E-state index in [0.717, 1.165) is 32.1 Å². The van der Waals surface area contributed by atoms with Gasteiger partial charge in [0.05, 0.1) is 12.4 Å². The molecule has 0 unspecified atom stereocenters. The van der Waals surface area contributed by atoms with E-state index < -0.39 is 10.1 Å². The molecular formula is C24H50O3S. The Morgan fingerprint density at radius 3 is 1.18 bits per heavy atom. The lowest BCUT2D eigenvalue weighted by Crippen LogP contribution is -2.11. The minimum Gasteiger partial charge on any atom is -0.270 e. The number of unbranched alkanes of at least 4 members (excludes halogenated alkanes) is 18. The zero-order valence-corrected chi connectivity index (χ0v) is 20.0. The Hall–Kier alpha value is -0.0900. The zero-order valence-electron chi connectivity index (χ0n) is 19.2. The molecular weight excluding hydrogens is 368 g/mol. The van der Waals surface area contributed by atoms with Crippen molar-refractivity contribution in [3.05, 3.63) is 0 Å². The van der Waals surface area contributed by atoms with E-state index in [0.29, 0.717) is 6.61 Å². The molecule has 0 radical (unpaired) electrons. The molecule has 0 fully saturated rings. The number of rotatable bonds is 23. The molecule has 0 bridgehead atoms. The van der Waals surface area contributed by atoms with Crippen LogP contribution >= 0.6 is 0 Å². The summed E-state index contributed by atoms with van der Waals surface area (Å²) < 4.78 is 28.9. The summed E-state index contributed by atoms with van der Waals surface area (Å²) in [6, 6.07) is 0. The van der Waals surface area contributed by atoms with E-state index in [9.17, 15) is 8.42 Å². The van der Waals surface area contributed by atoms with Crippen molar-refractivity contribution in [2.24, 2.45) is 0 Å². The van der Waals surface area contributed by atoms with Crippen molar-refractivity contribution < 1.29 is 12.6 Å². The minimum atomic E-state index is -3.30. The number of hydrogen-bond donors (Lipinski definition) is 0. The van der Waals surface area contributed by atoms with Crippen molar-refractivity contribution in [1.82, 2.24) is 0 Å². The van der Waals surface area contributed by atoms with Crippen LogP contribution in [0.25, 0.3) is 0 Å². The van der Waals surface area contributed by atoms with Gasteiger partial charge in [-0.1, -0.05) is 129 Å². The fourth-order valence-corrected chi connectivity index (χ4v) is 4.65. The standard InChI is InChI=1S/C24H50O3S/c1-3-5-7-9-11-12-13-14-15-16-17-19-21-23-27-28(25,26)24-22-20-18-10-8-6-4-2/h3-24H2,1-2H3. The predicted octanol–water partition coefficient (Wildman–Crippen LogP) is 8.17. The quantitative estimate of drug-likeness (QED) is 0.124. The predicted molar refractivity (Wildman–Crippen MR) is 123 cm³/mol. The lowest BCUT2D eigenvalue weighted by atomic mass is 10.0. The molecule has 0 aromatic carbocycles. The van der Waals surface area contributed by atoms with Crippen LogP contribution in [0.1, 0.15) is 142 Å².